The SMILES string of the molecule is C=Cc1cccc(C2CCCC2)c1CN. The minimum atomic E-state index is 0.633. The van der Waals surface area contributed by atoms with E-state index in [0.29, 0.717) is 6.54 Å². The quantitative estimate of drug-likeness (QED) is 0.796. The summed E-state index contributed by atoms with van der Waals surface area (Å²) in [4.78, 5) is 0. The van der Waals surface area contributed by atoms with E-state index in [4.69, 9.17) is 5.73 Å². The average Bonchev–Trinajstić information content (AvgIpc) is 2.81. The Balaban J connectivity index is 2.40. The summed E-state index contributed by atoms with van der Waals surface area (Å²) in [6.07, 6.45) is 7.31. The van der Waals surface area contributed by atoms with Crippen LogP contribution in [0.1, 0.15) is 48.3 Å². The zero-order valence-electron chi connectivity index (χ0n) is 9.21. The molecule has 2 N–H and O–H groups in total. The van der Waals surface area contributed by atoms with Crippen molar-refractivity contribution in [2.24, 2.45) is 5.73 Å². The fourth-order valence-corrected chi connectivity index (χ4v) is 2.67. The highest BCUT2D eigenvalue weighted by Gasteiger charge is 2.19. The molecule has 1 saturated carbocycles. The Bertz CT molecular complexity index is 348. The summed E-state index contributed by atoms with van der Waals surface area (Å²) in [6, 6.07) is 6.47. The molecular formula is C14H19N. The molecule has 0 heterocycles. The lowest BCUT2D eigenvalue weighted by Gasteiger charge is -2.16. The van der Waals surface area contributed by atoms with Crippen molar-refractivity contribution in [1.82, 2.24) is 0 Å². The third-order valence-electron chi connectivity index (χ3n) is 3.47. The highest BCUT2D eigenvalue weighted by molar-refractivity contribution is 5.55. The monoisotopic (exact) mass is 201 g/mol. The van der Waals surface area contributed by atoms with E-state index < -0.39 is 0 Å². The Morgan fingerprint density at radius 2 is 2.07 bits per heavy atom. The Labute approximate surface area is 92.0 Å². The van der Waals surface area contributed by atoms with Crippen molar-refractivity contribution < 1.29 is 0 Å². The molecule has 1 fully saturated rings. The van der Waals surface area contributed by atoms with Gasteiger partial charge < -0.3 is 5.73 Å². The second-order valence-electron chi connectivity index (χ2n) is 4.30. The zero-order valence-corrected chi connectivity index (χ0v) is 9.21. The van der Waals surface area contributed by atoms with Crippen molar-refractivity contribution in [3.8, 4) is 0 Å². The van der Waals surface area contributed by atoms with E-state index in [1.165, 1.54) is 42.4 Å². The van der Waals surface area contributed by atoms with Crippen LogP contribution in [-0.2, 0) is 6.54 Å². The van der Waals surface area contributed by atoms with Crippen LogP contribution in [0.2, 0.25) is 0 Å². The highest BCUT2D eigenvalue weighted by atomic mass is 14.5. The van der Waals surface area contributed by atoms with Gasteiger partial charge in [-0.1, -0.05) is 43.7 Å². The number of hydrogen-bond acceptors (Lipinski definition) is 1. The smallest absolute Gasteiger partial charge is 0.0186 e. The summed E-state index contributed by atoms with van der Waals surface area (Å²) < 4.78 is 0. The van der Waals surface area contributed by atoms with E-state index in [2.05, 4.69) is 24.8 Å². The van der Waals surface area contributed by atoms with Crippen molar-refractivity contribution >= 4 is 6.08 Å². The van der Waals surface area contributed by atoms with Crippen molar-refractivity contribution in [3.05, 3.63) is 41.5 Å². The zero-order chi connectivity index (χ0) is 10.7. The lowest BCUT2D eigenvalue weighted by atomic mass is 9.90. The van der Waals surface area contributed by atoms with E-state index in [9.17, 15) is 0 Å². The van der Waals surface area contributed by atoms with Gasteiger partial charge in [0, 0.05) is 6.54 Å². The van der Waals surface area contributed by atoms with Gasteiger partial charge in [0.25, 0.3) is 0 Å². The Hall–Kier alpha value is -1.08. The molecule has 0 aromatic heterocycles. The van der Waals surface area contributed by atoms with Crippen LogP contribution >= 0.6 is 0 Å². The maximum Gasteiger partial charge on any atom is 0.0186 e. The van der Waals surface area contributed by atoms with Gasteiger partial charge in [-0.3, -0.25) is 0 Å². The molecule has 1 aromatic rings. The summed E-state index contributed by atoms with van der Waals surface area (Å²) in [5, 5.41) is 0. The summed E-state index contributed by atoms with van der Waals surface area (Å²) in [5.41, 5.74) is 9.83. The van der Waals surface area contributed by atoms with Crippen LogP contribution in [0.3, 0.4) is 0 Å². The highest BCUT2D eigenvalue weighted by Crippen LogP contribution is 2.36. The van der Waals surface area contributed by atoms with Crippen LogP contribution in [0.15, 0.2) is 24.8 Å². The molecule has 0 amide bonds. The molecule has 0 atom stereocenters. The molecule has 80 valence electrons. The van der Waals surface area contributed by atoms with Crippen molar-refractivity contribution in [2.45, 2.75) is 38.1 Å². The van der Waals surface area contributed by atoms with Gasteiger partial charge in [0.05, 0.1) is 0 Å². The van der Waals surface area contributed by atoms with Gasteiger partial charge in [-0.05, 0) is 35.4 Å². The van der Waals surface area contributed by atoms with Gasteiger partial charge in [-0.2, -0.15) is 0 Å². The van der Waals surface area contributed by atoms with Gasteiger partial charge in [0.15, 0.2) is 0 Å². The van der Waals surface area contributed by atoms with E-state index in [1.54, 1.807) is 0 Å². The average molecular weight is 201 g/mol. The fraction of sp³-hybridized carbons (Fsp3) is 0.429. The van der Waals surface area contributed by atoms with E-state index >= 15 is 0 Å². The minimum Gasteiger partial charge on any atom is -0.326 e. The molecule has 0 bridgehead atoms. The first-order valence-corrected chi connectivity index (χ1v) is 5.81. The lowest BCUT2D eigenvalue weighted by Crippen LogP contribution is -2.06. The van der Waals surface area contributed by atoms with E-state index in [-0.39, 0.29) is 0 Å². The molecular weight excluding hydrogens is 182 g/mol. The van der Waals surface area contributed by atoms with Crippen LogP contribution in [0.25, 0.3) is 6.08 Å². The van der Waals surface area contributed by atoms with Crippen LogP contribution in [0.4, 0.5) is 0 Å². The van der Waals surface area contributed by atoms with Crippen LogP contribution in [0.5, 0.6) is 0 Å². The van der Waals surface area contributed by atoms with Crippen molar-refractivity contribution in [3.63, 3.8) is 0 Å². The standard InChI is InChI=1S/C14H19N/c1-2-11-8-5-9-13(14(11)10-15)12-6-3-4-7-12/h2,5,8-9,12H,1,3-4,6-7,10,15H2. The summed E-state index contributed by atoms with van der Waals surface area (Å²) in [7, 11) is 0. The van der Waals surface area contributed by atoms with Crippen molar-refractivity contribution in [2.75, 3.05) is 0 Å². The Morgan fingerprint density at radius 3 is 2.67 bits per heavy atom. The molecule has 1 aliphatic rings. The molecule has 0 spiro atoms. The minimum absolute atomic E-state index is 0.633. The molecule has 1 aliphatic carbocycles. The summed E-state index contributed by atoms with van der Waals surface area (Å²) in [5.74, 6) is 0.739. The first-order valence-electron chi connectivity index (χ1n) is 5.81. The third kappa shape index (κ3) is 1.98. The molecule has 1 heteroatoms. The normalized spacial score (nSPS) is 16.9. The molecule has 0 saturated heterocycles. The largest absolute Gasteiger partial charge is 0.326 e. The second kappa shape index (κ2) is 4.63. The van der Waals surface area contributed by atoms with Gasteiger partial charge >= 0.3 is 0 Å². The summed E-state index contributed by atoms with van der Waals surface area (Å²) >= 11 is 0. The molecule has 1 aromatic carbocycles. The first-order chi connectivity index (χ1) is 7.36. The van der Waals surface area contributed by atoms with E-state index in [1.807, 2.05) is 6.08 Å². The van der Waals surface area contributed by atoms with Crippen LogP contribution in [-0.4, -0.2) is 0 Å². The molecule has 0 radical (unpaired) electrons. The van der Waals surface area contributed by atoms with E-state index in [0.717, 1.165) is 5.92 Å². The first kappa shape index (κ1) is 10.4. The topological polar surface area (TPSA) is 26.0 Å². The number of hydrogen-bond donors (Lipinski definition) is 1. The number of rotatable bonds is 3. The third-order valence-corrected chi connectivity index (χ3v) is 3.47. The molecule has 15 heavy (non-hydrogen) atoms. The molecule has 0 aliphatic heterocycles. The predicted molar refractivity (Wildman–Crippen MR) is 65.6 cm³/mol. The van der Waals surface area contributed by atoms with Crippen LogP contribution < -0.4 is 5.73 Å². The van der Waals surface area contributed by atoms with Gasteiger partial charge in [-0.15, -0.1) is 0 Å². The maximum atomic E-state index is 5.85. The maximum absolute atomic E-state index is 5.85. The van der Waals surface area contributed by atoms with Gasteiger partial charge in [0.1, 0.15) is 0 Å². The molecule has 1 nitrogen and oxygen atoms in total. The number of benzene rings is 1. The Morgan fingerprint density at radius 1 is 1.33 bits per heavy atom. The predicted octanol–water partition coefficient (Wildman–Crippen LogP) is 3.45. The fourth-order valence-electron chi connectivity index (χ4n) is 2.67. The van der Waals surface area contributed by atoms with Gasteiger partial charge in [0.2, 0.25) is 0 Å². The van der Waals surface area contributed by atoms with Crippen molar-refractivity contribution in [1.29, 1.82) is 0 Å². The summed E-state index contributed by atoms with van der Waals surface area (Å²) in [6.45, 7) is 4.48. The van der Waals surface area contributed by atoms with Gasteiger partial charge in [-0.25, -0.2) is 0 Å². The molecule has 0 unspecified atom stereocenters. The van der Waals surface area contributed by atoms with Crippen LogP contribution in [0, 0.1) is 0 Å². The number of nitrogens with two attached hydrogens (primary N) is 1. The Kier molecular flexibility index (Phi) is 3.22. The second-order valence-corrected chi connectivity index (χ2v) is 4.30. The molecule has 2 rings (SSSR count). The lowest BCUT2D eigenvalue weighted by molar-refractivity contribution is 0.711.